The van der Waals surface area contributed by atoms with Gasteiger partial charge in [-0.05, 0) is 80.0 Å². The van der Waals surface area contributed by atoms with Gasteiger partial charge >= 0.3 is 0 Å². The van der Waals surface area contributed by atoms with Gasteiger partial charge < -0.3 is 9.88 Å². The van der Waals surface area contributed by atoms with Crippen LogP contribution in [0.4, 0.5) is 10.1 Å². The Morgan fingerprint density at radius 3 is 2.59 bits per heavy atom. The second kappa shape index (κ2) is 11.1. The Hall–Kier alpha value is -3.47. The quantitative estimate of drug-likeness (QED) is 0.348. The molecule has 34 heavy (non-hydrogen) atoms. The highest BCUT2D eigenvalue weighted by Crippen LogP contribution is 2.45. The molecule has 1 aromatic heterocycles. The maximum atomic E-state index is 13.0. The maximum absolute atomic E-state index is 13.0. The van der Waals surface area contributed by atoms with Gasteiger partial charge in [-0.2, -0.15) is 0 Å². The summed E-state index contributed by atoms with van der Waals surface area (Å²) in [5.41, 5.74) is 5.40. The molecular weight excluding hydrogens is 425 g/mol. The Morgan fingerprint density at radius 1 is 1.18 bits per heavy atom. The van der Waals surface area contributed by atoms with Crippen LogP contribution < -0.4 is 5.32 Å². The molecule has 0 fully saturated rings. The summed E-state index contributed by atoms with van der Waals surface area (Å²) in [5.74, 6) is -0.580. The van der Waals surface area contributed by atoms with E-state index in [0.29, 0.717) is 11.7 Å². The number of carbonyl (C=O) groups excluding carboxylic acids is 1. The zero-order valence-electron chi connectivity index (χ0n) is 20.7. The highest BCUT2D eigenvalue weighted by Gasteiger charge is 2.32. The third-order valence-electron chi connectivity index (χ3n) is 6.28. The van der Waals surface area contributed by atoms with E-state index in [1.165, 1.54) is 41.5 Å². The van der Waals surface area contributed by atoms with Crippen LogP contribution in [0.5, 0.6) is 0 Å². The monoisotopic (exact) mass is 459 g/mol. The molecule has 5 heteroatoms. The highest BCUT2D eigenvalue weighted by atomic mass is 19.1. The summed E-state index contributed by atoms with van der Waals surface area (Å²) in [5, 5.41) is 2.73. The minimum atomic E-state index is -0.333. The van der Waals surface area contributed by atoms with Gasteiger partial charge in [-0.15, -0.1) is 0 Å². The zero-order chi connectivity index (χ0) is 24.7. The zero-order valence-corrected chi connectivity index (χ0v) is 20.7. The molecule has 1 atom stereocenters. The number of amides is 1. The standard InChI is InChI=1S/C29H34FN3O/c1-21(7-6-8-22(2)19-28(34)32-25-12-10-24(30)11-13-25)9-14-26-23(3)27(15-16-29(26,4)5)33-18-17-31-20-33/h6-14,17-20,27H,15-16H2,1-5H3,(H,32,34). The average Bonchev–Trinajstić information content (AvgIpc) is 3.29. The first-order chi connectivity index (χ1) is 16.2. The number of anilines is 1. The second-order valence-corrected chi connectivity index (χ2v) is 9.53. The number of hydrogen-bond donors (Lipinski definition) is 1. The Bertz CT molecular complexity index is 1150. The molecule has 0 saturated heterocycles. The van der Waals surface area contributed by atoms with E-state index in [2.05, 4.69) is 54.7 Å². The summed E-state index contributed by atoms with van der Waals surface area (Å²) >= 11 is 0. The molecule has 1 aliphatic carbocycles. The van der Waals surface area contributed by atoms with Gasteiger partial charge in [0.2, 0.25) is 5.91 Å². The van der Waals surface area contributed by atoms with Gasteiger partial charge in [0.25, 0.3) is 0 Å². The minimum Gasteiger partial charge on any atom is -0.330 e. The van der Waals surface area contributed by atoms with Gasteiger partial charge in [0, 0.05) is 24.2 Å². The van der Waals surface area contributed by atoms with Crippen LogP contribution in [0.25, 0.3) is 0 Å². The summed E-state index contributed by atoms with van der Waals surface area (Å²) in [6.07, 6.45) is 19.8. The normalized spacial score (nSPS) is 19.3. The van der Waals surface area contributed by atoms with Gasteiger partial charge in [-0.3, -0.25) is 4.79 Å². The van der Waals surface area contributed by atoms with Gasteiger partial charge in [-0.25, -0.2) is 9.37 Å². The number of rotatable bonds is 7. The van der Waals surface area contributed by atoms with Crippen LogP contribution in [0.1, 0.15) is 53.5 Å². The molecule has 1 N–H and O–H groups in total. The third-order valence-corrected chi connectivity index (χ3v) is 6.28. The fraction of sp³-hybridized carbons (Fsp3) is 0.310. The Morgan fingerprint density at radius 2 is 1.91 bits per heavy atom. The molecule has 1 heterocycles. The number of aromatic nitrogens is 2. The third kappa shape index (κ3) is 6.77. The van der Waals surface area contributed by atoms with Crippen LogP contribution in [0.2, 0.25) is 0 Å². The van der Waals surface area contributed by atoms with E-state index < -0.39 is 0 Å². The first kappa shape index (κ1) is 25.2. The molecule has 1 amide bonds. The van der Waals surface area contributed by atoms with Gasteiger partial charge in [0.1, 0.15) is 5.82 Å². The predicted molar refractivity (Wildman–Crippen MR) is 138 cm³/mol. The smallest absolute Gasteiger partial charge is 0.248 e. The van der Waals surface area contributed by atoms with Crippen LogP contribution in [0.15, 0.2) is 102 Å². The van der Waals surface area contributed by atoms with E-state index in [9.17, 15) is 9.18 Å². The number of nitrogens with one attached hydrogen (secondary N) is 1. The van der Waals surface area contributed by atoms with E-state index in [4.69, 9.17) is 0 Å². The fourth-order valence-electron chi connectivity index (χ4n) is 4.33. The average molecular weight is 460 g/mol. The summed E-state index contributed by atoms with van der Waals surface area (Å²) in [4.78, 5) is 16.4. The first-order valence-corrected chi connectivity index (χ1v) is 11.6. The van der Waals surface area contributed by atoms with Crippen molar-refractivity contribution < 1.29 is 9.18 Å². The molecule has 178 valence electrons. The van der Waals surface area contributed by atoms with Crippen molar-refractivity contribution in [3.05, 3.63) is 108 Å². The SMILES string of the molecule is CC(C=CC1=C(C)C(n2ccnc2)CCC1(C)C)=CC=CC(C)=CC(=O)Nc1ccc(F)cc1. The molecule has 0 spiro atoms. The number of nitrogens with zero attached hydrogens (tertiary/aromatic N) is 2. The lowest BCUT2D eigenvalue weighted by atomic mass is 9.71. The topological polar surface area (TPSA) is 46.9 Å². The molecule has 0 radical (unpaired) electrons. The summed E-state index contributed by atoms with van der Waals surface area (Å²) in [7, 11) is 0. The molecule has 0 saturated carbocycles. The van der Waals surface area contributed by atoms with Crippen LogP contribution >= 0.6 is 0 Å². The van der Waals surface area contributed by atoms with Crippen molar-refractivity contribution in [1.29, 1.82) is 0 Å². The second-order valence-electron chi connectivity index (χ2n) is 9.53. The van der Waals surface area contributed by atoms with E-state index in [0.717, 1.165) is 24.0 Å². The molecule has 2 aromatic rings. The number of allylic oxidation sites excluding steroid dienone is 9. The Kier molecular flexibility index (Phi) is 8.21. The molecule has 0 bridgehead atoms. The summed E-state index contributed by atoms with van der Waals surface area (Å²) in [6.45, 7) is 10.8. The molecule has 1 unspecified atom stereocenters. The van der Waals surface area contributed by atoms with E-state index in [-0.39, 0.29) is 17.1 Å². The molecule has 0 aliphatic heterocycles. The molecule has 4 nitrogen and oxygen atoms in total. The minimum absolute atomic E-state index is 0.130. The maximum Gasteiger partial charge on any atom is 0.248 e. The largest absolute Gasteiger partial charge is 0.330 e. The van der Waals surface area contributed by atoms with E-state index in [1.54, 1.807) is 0 Å². The molecule has 1 aromatic carbocycles. The number of halogens is 1. The van der Waals surface area contributed by atoms with Gasteiger partial charge in [0.05, 0.1) is 12.4 Å². The number of benzene rings is 1. The van der Waals surface area contributed by atoms with Crippen LogP contribution in [0, 0.1) is 11.2 Å². The van der Waals surface area contributed by atoms with Crippen LogP contribution in [0.3, 0.4) is 0 Å². The van der Waals surface area contributed by atoms with Gasteiger partial charge in [0.15, 0.2) is 0 Å². The van der Waals surface area contributed by atoms with Crippen molar-refractivity contribution in [2.24, 2.45) is 5.41 Å². The van der Waals surface area contributed by atoms with E-state index in [1.807, 2.05) is 43.9 Å². The molecule has 1 aliphatic rings. The summed E-state index contributed by atoms with van der Waals surface area (Å²) in [6, 6.07) is 6.06. The lowest BCUT2D eigenvalue weighted by Crippen LogP contribution is -2.25. The van der Waals surface area contributed by atoms with Crippen molar-refractivity contribution >= 4 is 11.6 Å². The lowest BCUT2D eigenvalue weighted by molar-refractivity contribution is -0.111. The number of carbonyl (C=O) groups is 1. The van der Waals surface area contributed by atoms with Crippen LogP contribution in [-0.4, -0.2) is 15.5 Å². The first-order valence-electron chi connectivity index (χ1n) is 11.6. The van der Waals surface area contributed by atoms with E-state index >= 15 is 0 Å². The fourth-order valence-corrected chi connectivity index (χ4v) is 4.33. The van der Waals surface area contributed by atoms with Crippen molar-refractivity contribution in [1.82, 2.24) is 9.55 Å². The summed E-state index contributed by atoms with van der Waals surface area (Å²) < 4.78 is 15.2. The Labute approximate surface area is 202 Å². The van der Waals surface area contributed by atoms with Crippen LogP contribution in [-0.2, 0) is 4.79 Å². The lowest BCUT2D eigenvalue weighted by Gasteiger charge is -2.37. The molecule has 3 rings (SSSR count). The van der Waals surface area contributed by atoms with Crippen molar-refractivity contribution in [2.75, 3.05) is 5.32 Å². The van der Waals surface area contributed by atoms with Crippen molar-refractivity contribution in [2.45, 2.75) is 53.5 Å². The predicted octanol–water partition coefficient (Wildman–Crippen LogP) is 7.34. The molecular formula is C29H34FN3O. The number of hydrogen-bond acceptors (Lipinski definition) is 2. The highest BCUT2D eigenvalue weighted by molar-refractivity contribution is 5.99. The van der Waals surface area contributed by atoms with Crippen molar-refractivity contribution in [3.63, 3.8) is 0 Å². The van der Waals surface area contributed by atoms with Crippen molar-refractivity contribution in [3.8, 4) is 0 Å². The Balaban J connectivity index is 1.65. The van der Waals surface area contributed by atoms with Gasteiger partial charge in [-0.1, -0.05) is 49.8 Å². The number of imidazole rings is 1.